The third-order valence-electron chi connectivity index (χ3n) is 3.73. The maximum absolute atomic E-state index is 5.92. The normalized spacial score (nSPS) is 11.5. The summed E-state index contributed by atoms with van der Waals surface area (Å²) < 4.78 is 11.5. The molecule has 0 atom stereocenters. The summed E-state index contributed by atoms with van der Waals surface area (Å²) in [7, 11) is 4.09. The molecule has 0 saturated heterocycles. The summed E-state index contributed by atoms with van der Waals surface area (Å²) >= 11 is 0. The second-order valence-electron chi connectivity index (χ2n) is 7.20. The maximum Gasteiger partial charge on any atom is 0.191 e. The Bertz CT molecular complexity index is 539. The van der Waals surface area contributed by atoms with Gasteiger partial charge in [0.1, 0.15) is 12.4 Å². The summed E-state index contributed by atoms with van der Waals surface area (Å²) in [6, 6.07) is 8.10. The van der Waals surface area contributed by atoms with Crippen molar-refractivity contribution in [2.75, 3.05) is 53.6 Å². The Labute approximate surface area is 188 Å². The Morgan fingerprint density at radius 2 is 1.89 bits per heavy atom. The average Bonchev–Trinajstić information content (AvgIpc) is 2.62. The fourth-order valence-electron chi connectivity index (χ4n) is 2.32. The Morgan fingerprint density at radius 1 is 1.14 bits per heavy atom. The van der Waals surface area contributed by atoms with Gasteiger partial charge in [-0.1, -0.05) is 32.0 Å². The molecule has 1 rings (SSSR count). The first-order valence-electron chi connectivity index (χ1n) is 9.98. The third-order valence-corrected chi connectivity index (χ3v) is 3.73. The van der Waals surface area contributed by atoms with Gasteiger partial charge in [-0.05, 0) is 39.4 Å². The Kier molecular flexibility index (Phi) is 16.2. The van der Waals surface area contributed by atoms with Crippen molar-refractivity contribution in [3.63, 3.8) is 0 Å². The van der Waals surface area contributed by atoms with E-state index in [-0.39, 0.29) is 24.0 Å². The lowest BCUT2D eigenvalue weighted by atomic mass is 10.2. The summed E-state index contributed by atoms with van der Waals surface area (Å²) in [5, 5.41) is 6.66. The van der Waals surface area contributed by atoms with Crippen LogP contribution in [0, 0.1) is 5.92 Å². The van der Waals surface area contributed by atoms with Crippen molar-refractivity contribution in [3.8, 4) is 5.75 Å². The fraction of sp³-hybridized carbons (Fsp3) is 0.667. The van der Waals surface area contributed by atoms with Crippen molar-refractivity contribution in [1.82, 2.24) is 15.5 Å². The number of nitrogens with zero attached hydrogens (tertiary/aromatic N) is 2. The number of guanidine groups is 1. The van der Waals surface area contributed by atoms with E-state index in [2.05, 4.69) is 42.4 Å². The molecule has 6 nitrogen and oxygen atoms in total. The summed E-state index contributed by atoms with van der Waals surface area (Å²) in [4.78, 5) is 6.81. The third kappa shape index (κ3) is 13.2. The smallest absolute Gasteiger partial charge is 0.191 e. The van der Waals surface area contributed by atoms with E-state index >= 15 is 0 Å². The zero-order valence-corrected chi connectivity index (χ0v) is 20.5. The van der Waals surface area contributed by atoms with E-state index in [0.29, 0.717) is 19.1 Å². The Hall–Kier alpha value is -1.06. The van der Waals surface area contributed by atoms with Gasteiger partial charge < -0.3 is 25.0 Å². The molecule has 0 spiro atoms. The van der Waals surface area contributed by atoms with Crippen LogP contribution in [-0.2, 0) is 11.3 Å². The highest BCUT2D eigenvalue weighted by atomic mass is 127. The number of ether oxygens (including phenoxy) is 2. The van der Waals surface area contributed by atoms with Crippen molar-refractivity contribution in [2.45, 2.75) is 33.7 Å². The molecule has 0 bridgehead atoms. The summed E-state index contributed by atoms with van der Waals surface area (Å²) in [6.45, 7) is 11.8. The molecular weight excluding hydrogens is 467 g/mol. The maximum atomic E-state index is 5.92. The minimum atomic E-state index is 0. The molecule has 0 aliphatic rings. The molecule has 0 aromatic heterocycles. The molecule has 7 heteroatoms. The Balaban J connectivity index is 0.00000729. The van der Waals surface area contributed by atoms with E-state index in [9.17, 15) is 0 Å². The molecule has 0 saturated carbocycles. The molecular formula is C21H39IN4O2. The minimum Gasteiger partial charge on any atom is -0.492 e. The highest BCUT2D eigenvalue weighted by Gasteiger charge is 2.04. The van der Waals surface area contributed by atoms with E-state index in [1.165, 1.54) is 0 Å². The molecule has 162 valence electrons. The highest BCUT2D eigenvalue weighted by Crippen LogP contribution is 2.18. The molecule has 0 fully saturated rings. The van der Waals surface area contributed by atoms with Crippen molar-refractivity contribution < 1.29 is 9.47 Å². The highest BCUT2D eigenvalue weighted by molar-refractivity contribution is 14.0. The quantitative estimate of drug-likeness (QED) is 0.186. The molecule has 0 unspecified atom stereocenters. The van der Waals surface area contributed by atoms with E-state index < -0.39 is 0 Å². The van der Waals surface area contributed by atoms with Gasteiger partial charge in [-0.15, -0.1) is 24.0 Å². The molecule has 0 aliphatic heterocycles. The van der Waals surface area contributed by atoms with Crippen LogP contribution in [0.25, 0.3) is 0 Å². The first-order valence-corrected chi connectivity index (χ1v) is 9.98. The number of rotatable bonds is 13. The van der Waals surface area contributed by atoms with Gasteiger partial charge in [0, 0.05) is 38.4 Å². The molecule has 2 N–H and O–H groups in total. The van der Waals surface area contributed by atoms with E-state index in [1.807, 2.05) is 32.3 Å². The largest absolute Gasteiger partial charge is 0.492 e. The number of halogens is 1. The van der Waals surface area contributed by atoms with Crippen LogP contribution in [0.1, 0.15) is 32.8 Å². The number of likely N-dealkylation sites (N-methyl/N-ethyl adjacent to an activating group) is 1. The zero-order chi connectivity index (χ0) is 19.9. The number of benzene rings is 1. The lowest BCUT2D eigenvalue weighted by molar-refractivity contribution is 0.108. The standard InChI is InChI=1S/C21H38N4O2.HI/c1-6-22-21(23-12-9-14-26-17-18(2)3)24-16-19-10-7-8-11-20(19)27-15-13-25(4)5;/h7-8,10-11,18H,6,9,12-17H2,1-5H3,(H2,22,23,24);1H. The summed E-state index contributed by atoms with van der Waals surface area (Å²) in [5.74, 6) is 2.31. The fourth-order valence-corrected chi connectivity index (χ4v) is 2.32. The molecule has 1 aromatic carbocycles. The molecule has 0 aliphatic carbocycles. The second kappa shape index (κ2) is 16.9. The number of para-hydroxylation sites is 1. The summed E-state index contributed by atoms with van der Waals surface area (Å²) in [5.41, 5.74) is 1.09. The minimum absolute atomic E-state index is 0. The second-order valence-corrected chi connectivity index (χ2v) is 7.20. The van der Waals surface area contributed by atoms with Crippen molar-refractivity contribution in [2.24, 2.45) is 10.9 Å². The Morgan fingerprint density at radius 3 is 2.57 bits per heavy atom. The molecule has 0 amide bonds. The SMILES string of the molecule is CCNC(=NCc1ccccc1OCCN(C)C)NCCCOCC(C)C.I. The molecule has 28 heavy (non-hydrogen) atoms. The first kappa shape index (κ1) is 26.9. The van der Waals surface area contributed by atoms with Crippen LogP contribution in [0.4, 0.5) is 0 Å². The number of nitrogens with one attached hydrogen (secondary N) is 2. The predicted octanol–water partition coefficient (Wildman–Crippen LogP) is 3.36. The lowest BCUT2D eigenvalue weighted by Gasteiger charge is -2.14. The number of hydrogen-bond acceptors (Lipinski definition) is 4. The van der Waals surface area contributed by atoms with E-state index in [1.54, 1.807) is 0 Å². The van der Waals surface area contributed by atoms with E-state index in [0.717, 1.165) is 56.5 Å². The van der Waals surface area contributed by atoms with Crippen molar-refractivity contribution in [1.29, 1.82) is 0 Å². The van der Waals surface area contributed by atoms with Crippen LogP contribution in [0.2, 0.25) is 0 Å². The summed E-state index contributed by atoms with van der Waals surface area (Å²) in [6.07, 6.45) is 0.960. The van der Waals surface area contributed by atoms with Gasteiger partial charge in [-0.3, -0.25) is 0 Å². The van der Waals surface area contributed by atoms with Crippen LogP contribution in [-0.4, -0.2) is 64.4 Å². The van der Waals surface area contributed by atoms with Gasteiger partial charge in [-0.2, -0.15) is 0 Å². The van der Waals surface area contributed by atoms with Gasteiger partial charge in [0.2, 0.25) is 0 Å². The van der Waals surface area contributed by atoms with Gasteiger partial charge in [-0.25, -0.2) is 4.99 Å². The molecule has 1 aromatic rings. The van der Waals surface area contributed by atoms with Crippen LogP contribution in [0.15, 0.2) is 29.3 Å². The van der Waals surface area contributed by atoms with Crippen LogP contribution >= 0.6 is 24.0 Å². The number of hydrogen-bond donors (Lipinski definition) is 2. The van der Waals surface area contributed by atoms with Gasteiger partial charge in [0.25, 0.3) is 0 Å². The first-order chi connectivity index (χ1) is 13.0. The van der Waals surface area contributed by atoms with Gasteiger partial charge in [0.05, 0.1) is 6.54 Å². The zero-order valence-electron chi connectivity index (χ0n) is 18.2. The van der Waals surface area contributed by atoms with Crippen molar-refractivity contribution >= 4 is 29.9 Å². The van der Waals surface area contributed by atoms with E-state index in [4.69, 9.17) is 14.5 Å². The average molecular weight is 506 g/mol. The monoisotopic (exact) mass is 506 g/mol. The number of aliphatic imine (C=N–C) groups is 1. The van der Waals surface area contributed by atoms with Gasteiger partial charge in [0.15, 0.2) is 5.96 Å². The molecule has 0 heterocycles. The van der Waals surface area contributed by atoms with Gasteiger partial charge >= 0.3 is 0 Å². The topological polar surface area (TPSA) is 58.1 Å². The van der Waals surface area contributed by atoms with Crippen LogP contribution in [0.5, 0.6) is 5.75 Å². The predicted molar refractivity (Wildman–Crippen MR) is 129 cm³/mol. The lowest BCUT2D eigenvalue weighted by Crippen LogP contribution is -2.38. The van der Waals surface area contributed by atoms with Crippen LogP contribution in [0.3, 0.4) is 0 Å². The molecule has 0 radical (unpaired) electrons. The van der Waals surface area contributed by atoms with Crippen LogP contribution < -0.4 is 15.4 Å². The van der Waals surface area contributed by atoms with Crippen molar-refractivity contribution in [3.05, 3.63) is 29.8 Å².